The predicted octanol–water partition coefficient (Wildman–Crippen LogP) is 3.17. The Morgan fingerprint density at radius 2 is 2.07 bits per heavy atom. The van der Waals surface area contributed by atoms with Crippen molar-refractivity contribution in [1.29, 1.82) is 0 Å². The van der Waals surface area contributed by atoms with Crippen molar-refractivity contribution in [3.63, 3.8) is 0 Å². The van der Waals surface area contributed by atoms with Crippen LogP contribution in [0, 0.1) is 6.92 Å². The number of hydrogen-bond donors (Lipinski definition) is 1. The molecular formula is C20H23N5O2S. The highest BCUT2D eigenvalue weighted by Gasteiger charge is 2.28. The molecule has 1 aliphatic rings. The van der Waals surface area contributed by atoms with Gasteiger partial charge in [-0.1, -0.05) is 18.2 Å². The average Bonchev–Trinajstić information content (AvgIpc) is 3.12. The molecule has 1 atom stereocenters. The number of aliphatic hydroxyl groups excluding tert-OH is 1. The molecule has 2 aromatic heterocycles. The van der Waals surface area contributed by atoms with Crippen molar-refractivity contribution >= 4 is 23.0 Å². The molecule has 0 amide bonds. The van der Waals surface area contributed by atoms with Gasteiger partial charge in [0.2, 0.25) is 5.95 Å². The predicted molar refractivity (Wildman–Crippen MR) is 109 cm³/mol. The van der Waals surface area contributed by atoms with Crippen LogP contribution in [-0.2, 0) is 11.3 Å². The Morgan fingerprint density at radius 1 is 1.25 bits per heavy atom. The molecule has 0 spiro atoms. The molecule has 1 unspecified atom stereocenters. The smallest absolute Gasteiger partial charge is 0.245 e. The molecule has 1 N–H and O–H groups in total. The lowest BCUT2D eigenvalue weighted by molar-refractivity contribution is -0.00106. The first-order valence-electron chi connectivity index (χ1n) is 9.27. The van der Waals surface area contributed by atoms with Gasteiger partial charge in [0, 0.05) is 12.7 Å². The summed E-state index contributed by atoms with van der Waals surface area (Å²) in [5, 5.41) is 14.4. The fourth-order valence-electron chi connectivity index (χ4n) is 3.30. The monoisotopic (exact) mass is 397 g/mol. The molecule has 7 nitrogen and oxygen atoms in total. The number of morpholine rings is 1. The van der Waals surface area contributed by atoms with Gasteiger partial charge < -0.3 is 9.84 Å². The maximum absolute atomic E-state index is 9.40. The van der Waals surface area contributed by atoms with E-state index in [-0.39, 0.29) is 12.6 Å². The Hall–Kier alpha value is -2.39. The van der Waals surface area contributed by atoms with Crippen LogP contribution in [0.15, 0.2) is 42.6 Å². The van der Waals surface area contributed by atoms with E-state index in [0.29, 0.717) is 24.2 Å². The van der Waals surface area contributed by atoms with E-state index in [1.54, 1.807) is 6.20 Å². The van der Waals surface area contributed by atoms with E-state index in [1.807, 2.05) is 31.2 Å². The highest BCUT2D eigenvalue weighted by molar-refractivity contribution is 7.15. The van der Waals surface area contributed by atoms with Crippen LogP contribution >= 0.6 is 11.3 Å². The summed E-state index contributed by atoms with van der Waals surface area (Å²) in [6, 6.07) is 12.2. The third kappa shape index (κ3) is 3.77. The third-order valence-electron chi connectivity index (χ3n) is 4.63. The minimum Gasteiger partial charge on any atom is -0.389 e. The van der Waals surface area contributed by atoms with Crippen LogP contribution in [-0.4, -0.2) is 50.9 Å². The maximum atomic E-state index is 9.40. The van der Waals surface area contributed by atoms with Crippen LogP contribution in [0.1, 0.15) is 17.6 Å². The van der Waals surface area contributed by atoms with E-state index in [2.05, 4.69) is 39.0 Å². The first-order valence-corrected chi connectivity index (χ1v) is 10.1. The lowest BCUT2D eigenvalue weighted by Crippen LogP contribution is -2.52. The number of para-hydroxylation sites is 1. The Morgan fingerprint density at radius 3 is 2.79 bits per heavy atom. The maximum Gasteiger partial charge on any atom is 0.245 e. The van der Waals surface area contributed by atoms with Gasteiger partial charge >= 0.3 is 0 Å². The van der Waals surface area contributed by atoms with Crippen LogP contribution in [0.2, 0.25) is 0 Å². The van der Waals surface area contributed by atoms with Gasteiger partial charge in [-0.25, -0.2) is 25.0 Å². The number of hydrazine groups is 1. The summed E-state index contributed by atoms with van der Waals surface area (Å²) in [6.45, 7) is 6.10. The quantitative estimate of drug-likeness (QED) is 0.709. The van der Waals surface area contributed by atoms with Gasteiger partial charge in [-0.15, -0.1) is 11.3 Å². The number of anilines is 2. The van der Waals surface area contributed by atoms with Crippen LogP contribution in [0.4, 0.5) is 11.6 Å². The lowest BCUT2D eigenvalue weighted by atomic mass is 10.2. The minimum absolute atomic E-state index is 0.0646. The van der Waals surface area contributed by atoms with Gasteiger partial charge in [-0.2, -0.15) is 0 Å². The molecule has 28 heavy (non-hydrogen) atoms. The molecule has 1 aliphatic heterocycles. The lowest BCUT2D eigenvalue weighted by Gasteiger charge is -2.41. The van der Waals surface area contributed by atoms with E-state index in [4.69, 9.17) is 9.72 Å². The zero-order valence-corrected chi connectivity index (χ0v) is 16.8. The van der Waals surface area contributed by atoms with Gasteiger partial charge in [0.05, 0.1) is 47.8 Å². The number of thiazole rings is 1. The number of aryl methyl sites for hydroxylation is 1. The Balaban J connectivity index is 1.77. The van der Waals surface area contributed by atoms with Crippen LogP contribution in [0.25, 0.3) is 10.6 Å². The normalized spacial score (nSPS) is 17.6. The van der Waals surface area contributed by atoms with Crippen molar-refractivity contribution in [2.45, 2.75) is 26.5 Å². The largest absolute Gasteiger partial charge is 0.389 e. The number of aliphatic hydroxyl groups is 1. The van der Waals surface area contributed by atoms with Gasteiger partial charge in [0.1, 0.15) is 5.01 Å². The Kier molecular flexibility index (Phi) is 5.63. The van der Waals surface area contributed by atoms with E-state index >= 15 is 0 Å². The zero-order valence-electron chi connectivity index (χ0n) is 15.9. The minimum atomic E-state index is -0.0646. The van der Waals surface area contributed by atoms with E-state index < -0.39 is 0 Å². The second-order valence-corrected chi connectivity index (χ2v) is 7.74. The Bertz CT molecular complexity index is 933. The highest BCUT2D eigenvalue weighted by Crippen LogP contribution is 2.32. The van der Waals surface area contributed by atoms with Crippen molar-refractivity contribution < 1.29 is 9.84 Å². The fraction of sp³-hybridized carbons (Fsp3) is 0.350. The van der Waals surface area contributed by atoms with Crippen LogP contribution in [0.3, 0.4) is 0 Å². The van der Waals surface area contributed by atoms with Crippen LogP contribution in [0.5, 0.6) is 0 Å². The standard InChI is InChI=1S/C20H23N5O2S/c1-14-13-27-11-10-24(14)25(16-6-4-3-5-7-16)20-21-9-8-17(23-20)19-15(2)22-18(12-26)28-19/h3-9,14,26H,10-13H2,1-2H3. The molecule has 0 bridgehead atoms. The van der Waals surface area contributed by atoms with Gasteiger partial charge in [0.15, 0.2) is 0 Å². The van der Waals surface area contributed by atoms with Crippen molar-refractivity contribution in [3.05, 3.63) is 53.3 Å². The second-order valence-electron chi connectivity index (χ2n) is 6.66. The summed E-state index contributed by atoms with van der Waals surface area (Å²) >= 11 is 1.46. The highest BCUT2D eigenvalue weighted by atomic mass is 32.1. The number of aromatic nitrogens is 3. The van der Waals surface area contributed by atoms with Gasteiger partial charge in [-0.05, 0) is 32.0 Å². The van der Waals surface area contributed by atoms with E-state index in [1.165, 1.54) is 11.3 Å². The molecule has 1 fully saturated rings. The molecule has 4 rings (SSSR count). The Labute approximate surface area is 168 Å². The van der Waals surface area contributed by atoms with Crippen molar-refractivity contribution in [3.8, 4) is 10.6 Å². The number of hydrogen-bond acceptors (Lipinski definition) is 8. The molecule has 0 aliphatic carbocycles. The number of nitrogens with zero attached hydrogens (tertiary/aromatic N) is 5. The van der Waals surface area contributed by atoms with Crippen molar-refractivity contribution in [1.82, 2.24) is 20.0 Å². The topological polar surface area (TPSA) is 74.6 Å². The molecule has 3 aromatic rings. The van der Waals surface area contributed by atoms with E-state index in [9.17, 15) is 5.11 Å². The average molecular weight is 398 g/mol. The number of ether oxygens (including phenoxy) is 1. The summed E-state index contributed by atoms with van der Waals surface area (Å²) < 4.78 is 5.62. The van der Waals surface area contributed by atoms with Crippen molar-refractivity contribution in [2.24, 2.45) is 0 Å². The molecular weight excluding hydrogens is 374 g/mol. The molecule has 1 aromatic carbocycles. The first kappa shape index (κ1) is 18.9. The van der Waals surface area contributed by atoms with Crippen molar-refractivity contribution in [2.75, 3.05) is 24.8 Å². The molecule has 1 saturated heterocycles. The molecule has 146 valence electrons. The van der Waals surface area contributed by atoms with Crippen LogP contribution < -0.4 is 5.01 Å². The zero-order chi connectivity index (χ0) is 19.5. The summed E-state index contributed by atoms with van der Waals surface area (Å²) in [5.74, 6) is 0.607. The molecule has 8 heteroatoms. The number of rotatable bonds is 5. The number of benzene rings is 1. The molecule has 3 heterocycles. The SMILES string of the molecule is Cc1nc(CO)sc1-c1ccnc(N(c2ccccc2)N2CCOCC2C)n1. The van der Waals surface area contributed by atoms with Gasteiger partial charge in [0.25, 0.3) is 0 Å². The summed E-state index contributed by atoms with van der Waals surface area (Å²) in [7, 11) is 0. The summed E-state index contributed by atoms with van der Waals surface area (Å²) in [5.41, 5.74) is 2.68. The second kappa shape index (κ2) is 8.32. The molecule has 0 saturated carbocycles. The van der Waals surface area contributed by atoms with E-state index in [0.717, 1.165) is 28.5 Å². The molecule has 0 radical (unpaired) electrons. The first-order chi connectivity index (χ1) is 13.7. The summed E-state index contributed by atoms with van der Waals surface area (Å²) in [4.78, 5) is 14.8. The van der Waals surface area contributed by atoms with Gasteiger partial charge in [-0.3, -0.25) is 0 Å². The fourth-order valence-corrected chi connectivity index (χ4v) is 4.19. The third-order valence-corrected chi connectivity index (χ3v) is 5.80. The summed E-state index contributed by atoms with van der Waals surface area (Å²) in [6.07, 6.45) is 1.77.